The molecule has 0 atom stereocenters. The number of carbonyl (C=O) groups excluding carboxylic acids is 1. The lowest BCUT2D eigenvalue weighted by Gasteiger charge is -2.01. The number of carbonyl (C=O) groups is 1. The lowest BCUT2D eigenvalue weighted by Crippen LogP contribution is -2.23. The number of rotatable bonds is 6. The van der Waals surface area contributed by atoms with Gasteiger partial charge in [0, 0.05) is 13.0 Å². The Kier molecular flexibility index (Phi) is 6.73. The summed E-state index contributed by atoms with van der Waals surface area (Å²) >= 11 is 0. The van der Waals surface area contributed by atoms with Crippen molar-refractivity contribution in [2.45, 2.75) is 13.3 Å². The van der Waals surface area contributed by atoms with Crippen LogP contribution in [0.25, 0.3) is 0 Å². The van der Waals surface area contributed by atoms with Crippen LogP contribution in [-0.2, 0) is 9.53 Å². The predicted molar refractivity (Wildman–Crippen MR) is 44.3 cm³/mol. The molecule has 0 aliphatic rings. The number of nitrogens with one attached hydrogen (secondary N) is 1. The molecule has 0 unspecified atom stereocenters. The summed E-state index contributed by atoms with van der Waals surface area (Å²) in [4.78, 5) is 10.8. The molecule has 0 saturated heterocycles. The second-order valence-corrected chi connectivity index (χ2v) is 2.07. The van der Waals surface area contributed by atoms with Crippen molar-refractivity contribution in [3.63, 3.8) is 0 Å². The maximum absolute atomic E-state index is 10.8. The molecule has 0 aromatic carbocycles. The van der Waals surface area contributed by atoms with Crippen molar-refractivity contribution in [2.24, 2.45) is 0 Å². The normalized spacial score (nSPS) is 9.18. The Balaban J connectivity index is 3.10. The van der Waals surface area contributed by atoms with Gasteiger partial charge in [0.15, 0.2) is 0 Å². The minimum absolute atomic E-state index is 0.0385. The van der Waals surface area contributed by atoms with Crippen LogP contribution in [0.1, 0.15) is 13.3 Å². The van der Waals surface area contributed by atoms with Crippen LogP contribution in [-0.4, -0.2) is 25.7 Å². The van der Waals surface area contributed by atoms with Gasteiger partial charge in [0.25, 0.3) is 0 Å². The molecule has 0 rings (SSSR count). The lowest BCUT2D eigenvalue weighted by molar-refractivity contribution is -0.121. The zero-order valence-corrected chi connectivity index (χ0v) is 6.93. The second-order valence-electron chi connectivity index (χ2n) is 2.07. The van der Waals surface area contributed by atoms with E-state index in [1.807, 2.05) is 6.92 Å². The van der Waals surface area contributed by atoms with E-state index in [2.05, 4.69) is 11.9 Å². The third kappa shape index (κ3) is 7.06. The van der Waals surface area contributed by atoms with Crippen molar-refractivity contribution in [1.29, 1.82) is 0 Å². The maximum atomic E-state index is 10.8. The Morgan fingerprint density at radius 1 is 1.73 bits per heavy atom. The van der Waals surface area contributed by atoms with E-state index < -0.39 is 0 Å². The molecule has 0 fully saturated rings. The van der Waals surface area contributed by atoms with Gasteiger partial charge in [0.05, 0.1) is 13.2 Å². The van der Waals surface area contributed by atoms with Gasteiger partial charge in [0.1, 0.15) is 0 Å². The van der Waals surface area contributed by atoms with Gasteiger partial charge in [-0.3, -0.25) is 4.79 Å². The summed E-state index contributed by atoms with van der Waals surface area (Å²) in [5.74, 6) is 0.0385. The molecular weight excluding hydrogens is 142 g/mol. The predicted octanol–water partition coefficient (Wildman–Crippen LogP) is 0.715. The maximum Gasteiger partial charge on any atom is 0.222 e. The fourth-order valence-electron chi connectivity index (χ4n) is 0.617. The van der Waals surface area contributed by atoms with E-state index >= 15 is 0 Å². The SMILES string of the molecule is C=CCOCCC(=O)NCC. The van der Waals surface area contributed by atoms with E-state index in [9.17, 15) is 4.79 Å². The monoisotopic (exact) mass is 157 g/mol. The van der Waals surface area contributed by atoms with Gasteiger partial charge in [-0.1, -0.05) is 6.08 Å². The second kappa shape index (κ2) is 7.28. The number of hydrogen-bond donors (Lipinski definition) is 1. The molecule has 64 valence electrons. The van der Waals surface area contributed by atoms with E-state index in [0.717, 1.165) is 0 Å². The van der Waals surface area contributed by atoms with Gasteiger partial charge in [-0.2, -0.15) is 0 Å². The number of hydrogen-bond acceptors (Lipinski definition) is 2. The zero-order chi connectivity index (χ0) is 8.53. The van der Waals surface area contributed by atoms with Crippen molar-refractivity contribution in [2.75, 3.05) is 19.8 Å². The zero-order valence-electron chi connectivity index (χ0n) is 6.93. The summed E-state index contributed by atoms with van der Waals surface area (Å²) in [7, 11) is 0. The summed E-state index contributed by atoms with van der Waals surface area (Å²) in [5.41, 5.74) is 0. The number of amides is 1. The summed E-state index contributed by atoms with van der Waals surface area (Å²) in [5, 5.41) is 2.68. The Morgan fingerprint density at radius 3 is 3.00 bits per heavy atom. The van der Waals surface area contributed by atoms with Crippen LogP contribution in [0.3, 0.4) is 0 Å². The molecule has 0 spiro atoms. The number of ether oxygens (including phenoxy) is 1. The third-order valence-corrected chi connectivity index (χ3v) is 1.08. The van der Waals surface area contributed by atoms with Gasteiger partial charge in [-0.15, -0.1) is 6.58 Å². The lowest BCUT2D eigenvalue weighted by atomic mass is 10.4. The van der Waals surface area contributed by atoms with Crippen molar-refractivity contribution < 1.29 is 9.53 Å². The standard InChI is InChI=1S/C8H15NO2/c1-3-6-11-7-5-8(10)9-4-2/h3H,1,4-7H2,2H3,(H,9,10). The summed E-state index contributed by atoms with van der Waals surface area (Å²) < 4.78 is 5.02. The van der Waals surface area contributed by atoms with Crippen molar-refractivity contribution in [1.82, 2.24) is 5.32 Å². The largest absolute Gasteiger partial charge is 0.377 e. The Labute approximate surface area is 67.4 Å². The summed E-state index contributed by atoms with van der Waals surface area (Å²) in [6.07, 6.45) is 2.10. The molecule has 0 aliphatic heterocycles. The highest BCUT2D eigenvalue weighted by Gasteiger charge is 1.96. The Morgan fingerprint density at radius 2 is 2.45 bits per heavy atom. The van der Waals surface area contributed by atoms with Crippen molar-refractivity contribution in [3.8, 4) is 0 Å². The van der Waals surface area contributed by atoms with E-state index in [1.165, 1.54) is 0 Å². The fraction of sp³-hybridized carbons (Fsp3) is 0.625. The van der Waals surface area contributed by atoms with Crippen LogP contribution in [0.4, 0.5) is 0 Å². The van der Waals surface area contributed by atoms with E-state index in [-0.39, 0.29) is 5.91 Å². The van der Waals surface area contributed by atoms with Crippen LogP contribution in [0.2, 0.25) is 0 Å². The minimum atomic E-state index is 0.0385. The molecule has 0 saturated carbocycles. The molecule has 1 N–H and O–H groups in total. The first-order chi connectivity index (χ1) is 5.31. The first-order valence-corrected chi connectivity index (χ1v) is 3.76. The minimum Gasteiger partial charge on any atom is -0.377 e. The molecule has 0 heterocycles. The molecule has 3 heteroatoms. The molecule has 0 aromatic rings. The van der Waals surface area contributed by atoms with Crippen LogP contribution in [0.5, 0.6) is 0 Å². The topological polar surface area (TPSA) is 38.3 Å². The van der Waals surface area contributed by atoms with Gasteiger partial charge >= 0.3 is 0 Å². The smallest absolute Gasteiger partial charge is 0.222 e. The Hall–Kier alpha value is -0.830. The van der Waals surface area contributed by atoms with Crippen molar-refractivity contribution in [3.05, 3.63) is 12.7 Å². The molecule has 11 heavy (non-hydrogen) atoms. The molecule has 1 amide bonds. The molecule has 0 aliphatic carbocycles. The van der Waals surface area contributed by atoms with Gasteiger partial charge in [-0.05, 0) is 6.92 Å². The highest BCUT2D eigenvalue weighted by molar-refractivity contribution is 5.75. The van der Waals surface area contributed by atoms with Crippen LogP contribution in [0, 0.1) is 0 Å². The van der Waals surface area contributed by atoms with Gasteiger partial charge in [-0.25, -0.2) is 0 Å². The molecule has 0 aromatic heterocycles. The van der Waals surface area contributed by atoms with Crippen LogP contribution in [0.15, 0.2) is 12.7 Å². The fourth-order valence-corrected chi connectivity index (χ4v) is 0.617. The molecule has 0 radical (unpaired) electrons. The molecule has 3 nitrogen and oxygen atoms in total. The van der Waals surface area contributed by atoms with Crippen LogP contribution >= 0.6 is 0 Å². The summed E-state index contributed by atoms with van der Waals surface area (Å²) in [6.45, 7) is 7.04. The van der Waals surface area contributed by atoms with E-state index in [4.69, 9.17) is 4.74 Å². The average Bonchev–Trinajstić information content (AvgIpc) is 1.99. The quantitative estimate of drug-likeness (QED) is 0.455. The van der Waals surface area contributed by atoms with Gasteiger partial charge < -0.3 is 10.1 Å². The highest BCUT2D eigenvalue weighted by atomic mass is 16.5. The Bertz CT molecular complexity index is 123. The van der Waals surface area contributed by atoms with Crippen LogP contribution < -0.4 is 5.32 Å². The first-order valence-electron chi connectivity index (χ1n) is 3.76. The summed E-state index contributed by atoms with van der Waals surface area (Å²) in [6, 6.07) is 0. The third-order valence-electron chi connectivity index (χ3n) is 1.08. The average molecular weight is 157 g/mol. The van der Waals surface area contributed by atoms with E-state index in [1.54, 1.807) is 6.08 Å². The van der Waals surface area contributed by atoms with E-state index in [0.29, 0.717) is 26.2 Å². The first kappa shape index (κ1) is 10.2. The van der Waals surface area contributed by atoms with Crippen molar-refractivity contribution >= 4 is 5.91 Å². The van der Waals surface area contributed by atoms with Gasteiger partial charge in [0.2, 0.25) is 5.91 Å². The highest BCUT2D eigenvalue weighted by Crippen LogP contribution is 1.82. The molecule has 0 bridgehead atoms. The molecular formula is C8H15NO2.